The Morgan fingerprint density at radius 3 is 3.00 bits per heavy atom. The Kier molecular flexibility index (Phi) is 3.85. The lowest BCUT2D eigenvalue weighted by Crippen LogP contribution is -1.95. The topological polar surface area (TPSA) is 41.6 Å². The lowest BCUT2D eigenvalue weighted by atomic mass is 10.5. The quantitative estimate of drug-likeness (QED) is 0.529. The number of aliphatic hydroxyl groups excluding tert-OH is 1. The molecule has 1 heterocycles. The van der Waals surface area contributed by atoms with E-state index in [0.717, 1.165) is 13.5 Å². The van der Waals surface area contributed by atoms with Crippen molar-refractivity contribution in [2.45, 2.75) is 11.8 Å². The molecule has 5 heteroatoms. The number of carboxylic acids is 1. The molecule has 0 fully saturated rings. The molecule has 0 amide bonds. The highest BCUT2D eigenvalue weighted by molar-refractivity contribution is 14.1. The van der Waals surface area contributed by atoms with Crippen molar-refractivity contribution in [3.63, 3.8) is 0 Å². The van der Waals surface area contributed by atoms with Crippen LogP contribution in [0.4, 0.5) is 0 Å². The number of hydrogen-bond acceptors (Lipinski definition) is 2. The number of thiophene rings is 1. The molecular weight excluding hydrogens is 307 g/mol. The second-order valence-electron chi connectivity index (χ2n) is 2.00. The summed E-state index contributed by atoms with van der Waals surface area (Å²) in [5.74, 6) is 0.367. The van der Waals surface area contributed by atoms with E-state index in [1.807, 2.05) is 13.0 Å². The van der Waals surface area contributed by atoms with E-state index in [4.69, 9.17) is 9.90 Å². The fourth-order valence-corrected chi connectivity index (χ4v) is 3.68. The van der Waals surface area contributed by atoms with Gasteiger partial charge in [-0.1, -0.05) is 6.92 Å². The van der Waals surface area contributed by atoms with Crippen molar-refractivity contribution in [2.75, 3.05) is 5.75 Å². The second kappa shape index (κ2) is 4.48. The van der Waals surface area contributed by atoms with Gasteiger partial charge in [-0.2, -0.15) is 0 Å². The highest BCUT2D eigenvalue weighted by Gasteiger charge is 2.19. The maximum Gasteiger partial charge on any atom is 0.527 e. The first-order chi connectivity index (χ1) is 5.65. The highest BCUT2D eigenvalue weighted by Crippen LogP contribution is 2.31. The summed E-state index contributed by atoms with van der Waals surface area (Å²) in [5.41, 5.74) is 0. The van der Waals surface area contributed by atoms with Gasteiger partial charge in [-0.15, -0.1) is 23.1 Å². The number of halogens is 1. The molecular formula is C7H8IO2S2+. The van der Waals surface area contributed by atoms with E-state index in [1.54, 1.807) is 11.8 Å². The third-order valence-electron chi connectivity index (χ3n) is 1.17. The van der Waals surface area contributed by atoms with Crippen LogP contribution >= 0.6 is 45.7 Å². The van der Waals surface area contributed by atoms with Gasteiger partial charge in [0.1, 0.15) is 0 Å². The normalized spacial score (nSPS) is 10.2. The van der Waals surface area contributed by atoms with Gasteiger partial charge in [0.15, 0.2) is 4.88 Å². The van der Waals surface area contributed by atoms with E-state index in [1.165, 1.54) is 11.3 Å². The Morgan fingerprint density at radius 2 is 2.50 bits per heavy atom. The van der Waals surface area contributed by atoms with E-state index < -0.39 is 5.97 Å². The monoisotopic (exact) mass is 315 g/mol. The van der Waals surface area contributed by atoms with E-state index in [2.05, 4.69) is 22.6 Å². The summed E-state index contributed by atoms with van der Waals surface area (Å²) in [5, 5.41) is 8.91. The molecule has 12 heavy (non-hydrogen) atoms. The first-order valence-corrected chi connectivity index (χ1v) is 6.20. The molecule has 0 aliphatic carbocycles. The molecule has 0 aliphatic rings. The van der Waals surface area contributed by atoms with Gasteiger partial charge in [-0.25, -0.2) is 0 Å². The van der Waals surface area contributed by atoms with E-state index in [-0.39, 0.29) is 0 Å². The van der Waals surface area contributed by atoms with Gasteiger partial charge in [0, 0.05) is 4.90 Å². The molecule has 2 N–H and O–H groups in total. The number of rotatable bonds is 3. The van der Waals surface area contributed by atoms with Crippen LogP contribution in [-0.2, 0) is 0 Å². The maximum atomic E-state index is 8.91. The summed E-state index contributed by atoms with van der Waals surface area (Å²) in [6.07, 6.45) is 0. The van der Waals surface area contributed by atoms with Gasteiger partial charge in [0.25, 0.3) is 0 Å². The molecule has 1 rings (SSSR count). The van der Waals surface area contributed by atoms with Crippen molar-refractivity contribution < 1.29 is 9.90 Å². The average molecular weight is 315 g/mol. The molecule has 1 aromatic heterocycles. The molecule has 66 valence electrons. The number of carboxylic acid groups (broad SMARTS) is 1. The molecule has 2 nitrogen and oxygen atoms in total. The predicted molar refractivity (Wildman–Crippen MR) is 62.1 cm³/mol. The molecule has 0 aromatic carbocycles. The van der Waals surface area contributed by atoms with Crippen molar-refractivity contribution >= 4 is 51.7 Å². The molecule has 0 bridgehead atoms. The van der Waals surface area contributed by atoms with Gasteiger partial charge in [-0.05, 0) is 34.4 Å². The Labute approximate surface area is 92.5 Å². The smallest absolute Gasteiger partial charge is 0.334 e. The van der Waals surface area contributed by atoms with Crippen LogP contribution in [0.25, 0.3) is 0 Å². The van der Waals surface area contributed by atoms with Crippen LogP contribution in [0.1, 0.15) is 11.8 Å². The van der Waals surface area contributed by atoms with Gasteiger partial charge in [0.2, 0.25) is 0 Å². The molecule has 0 spiro atoms. The van der Waals surface area contributed by atoms with E-state index in [9.17, 15) is 0 Å². The SMILES string of the molecule is CCSc1cc(I)sc1C(O)=[OH+]. The zero-order chi connectivity index (χ0) is 9.14. The number of hydrogen-bond donors (Lipinski definition) is 1. The minimum absolute atomic E-state index is 0.570. The van der Waals surface area contributed by atoms with Crippen LogP contribution in [0, 0.1) is 2.88 Å². The van der Waals surface area contributed by atoms with Crippen molar-refractivity contribution in [3.05, 3.63) is 13.8 Å². The van der Waals surface area contributed by atoms with Crippen LogP contribution in [0.3, 0.4) is 0 Å². The summed E-state index contributed by atoms with van der Waals surface area (Å²) in [4.78, 5) is 10.4. The summed E-state index contributed by atoms with van der Waals surface area (Å²) < 4.78 is 1.07. The van der Waals surface area contributed by atoms with Gasteiger partial charge >= 0.3 is 5.97 Å². The Morgan fingerprint density at radius 1 is 1.83 bits per heavy atom. The minimum atomic E-state index is -0.570. The first kappa shape index (κ1) is 10.3. The summed E-state index contributed by atoms with van der Waals surface area (Å²) in [6, 6.07) is 1.96. The third kappa shape index (κ3) is 2.37. The molecule has 0 radical (unpaired) electrons. The fraction of sp³-hybridized carbons (Fsp3) is 0.286. The minimum Gasteiger partial charge on any atom is -0.334 e. The van der Waals surface area contributed by atoms with Crippen LogP contribution in [0.2, 0.25) is 0 Å². The molecule has 0 unspecified atom stereocenters. The second-order valence-corrected chi connectivity index (χ2v) is 6.25. The first-order valence-electron chi connectivity index (χ1n) is 3.32. The van der Waals surface area contributed by atoms with Gasteiger partial charge < -0.3 is 9.90 Å². The summed E-state index contributed by atoms with van der Waals surface area (Å²) in [6.45, 7) is 2.04. The highest BCUT2D eigenvalue weighted by atomic mass is 127. The number of aromatic carboxylic acids is 1. The van der Waals surface area contributed by atoms with Crippen molar-refractivity contribution in [1.29, 1.82) is 0 Å². The Bertz CT molecular complexity index is 296. The summed E-state index contributed by atoms with van der Waals surface area (Å²) >= 11 is 5.18. The predicted octanol–water partition coefficient (Wildman–Crippen LogP) is 2.87. The van der Waals surface area contributed by atoms with Gasteiger partial charge in [0.05, 0.1) is 2.88 Å². The lowest BCUT2D eigenvalue weighted by Gasteiger charge is -1.91. The molecule has 0 atom stereocenters. The van der Waals surface area contributed by atoms with Crippen LogP contribution < -0.4 is 0 Å². The summed E-state index contributed by atoms with van der Waals surface area (Å²) in [7, 11) is 0. The van der Waals surface area contributed by atoms with Crippen molar-refractivity contribution in [1.82, 2.24) is 0 Å². The third-order valence-corrected chi connectivity index (χ3v) is 4.11. The van der Waals surface area contributed by atoms with E-state index in [0.29, 0.717) is 4.88 Å². The maximum absolute atomic E-state index is 8.91. The Hall–Kier alpha value is 0.250. The molecule has 0 saturated heterocycles. The fourth-order valence-electron chi connectivity index (χ4n) is 0.764. The lowest BCUT2D eigenvalue weighted by molar-refractivity contribution is 0.464. The van der Waals surface area contributed by atoms with Crippen LogP contribution in [-0.4, -0.2) is 21.6 Å². The average Bonchev–Trinajstić information content (AvgIpc) is 2.32. The zero-order valence-electron chi connectivity index (χ0n) is 6.37. The standard InChI is InChI=1S/C7H7IO2S2/c1-2-11-4-3-5(8)12-6(4)7(9)10/h3H,2H2,1H3,(H,9,10)/p+1. The van der Waals surface area contributed by atoms with Gasteiger partial charge in [-0.3, -0.25) is 0 Å². The van der Waals surface area contributed by atoms with Crippen molar-refractivity contribution in [2.24, 2.45) is 0 Å². The number of thioether (sulfide) groups is 1. The molecule has 0 aliphatic heterocycles. The molecule has 1 aromatic rings. The molecule has 0 saturated carbocycles. The largest absolute Gasteiger partial charge is 0.527 e. The van der Waals surface area contributed by atoms with E-state index >= 15 is 0 Å². The Balaban J connectivity index is 2.99. The zero-order valence-corrected chi connectivity index (χ0v) is 10.2. The van der Waals surface area contributed by atoms with Crippen LogP contribution in [0.15, 0.2) is 11.0 Å². The van der Waals surface area contributed by atoms with Crippen molar-refractivity contribution in [3.8, 4) is 0 Å². The van der Waals surface area contributed by atoms with Crippen LogP contribution in [0.5, 0.6) is 0 Å².